The molecule has 1 heterocycles. The maximum Gasteiger partial charge on any atom is 0.305 e. The van der Waals surface area contributed by atoms with Crippen LogP contribution in [0.5, 0.6) is 0 Å². The predicted octanol–water partition coefficient (Wildman–Crippen LogP) is 1.64. The maximum absolute atomic E-state index is 12.1. The zero-order chi connectivity index (χ0) is 15.4. The van der Waals surface area contributed by atoms with Crippen molar-refractivity contribution in [3.8, 4) is 11.4 Å². The van der Waals surface area contributed by atoms with Crippen LogP contribution in [0.1, 0.15) is 29.6 Å². The zero-order valence-electron chi connectivity index (χ0n) is 11.7. The topological polar surface area (TPSA) is 105 Å². The molecule has 2 N–H and O–H groups in total. The Kier molecular flexibility index (Phi) is 4.32. The molecule has 0 fully saturated rings. The molecule has 0 aliphatic heterocycles. The molecule has 0 spiro atoms. The van der Waals surface area contributed by atoms with Gasteiger partial charge in [-0.2, -0.15) is 4.98 Å². The molecule has 0 bridgehead atoms. The summed E-state index contributed by atoms with van der Waals surface area (Å²) in [6, 6.07) is 6.29. The molecule has 7 nitrogen and oxygen atoms in total. The lowest BCUT2D eigenvalue weighted by Gasteiger charge is -2.11. The lowest BCUT2D eigenvalue weighted by molar-refractivity contribution is -0.137. The Morgan fingerprint density at radius 2 is 2.19 bits per heavy atom. The molecule has 1 atom stereocenters. The van der Waals surface area contributed by atoms with E-state index in [0.717, 1.165) is 0 Å². The van der Waals surface area contributed by atoms with Gasteiger partial charge in [-0.25, -0.2) is 0 Å². The minimum atomic E-state index is -0.959. The largest absolute Gasteiger partial charge is 0.481 e. The summed E-state index contributed by atoms with van der Waals surface area (Å²) in [7, 11) is 0. The van der Waals surface area contributed by atoms with Crippen LogP contribution in [0.15, 0.2) is 28.8 Å². The van der Waals surface area contributed by atoms with Crippen molar-refractivity contribution in [3.63, 3.8) is 0 Å². The van der Waals surface area contributed by atoms with Crippen LogP contribution in [0.25, 0.3) is 11.4 Å². The van der Waals surface area contributed by atoms with Crippen molar-refractivity contribution in [2.45, 2.75) is 26.3 Å². The first-order valence-corrected chi connectivity index (χ1v) is 6.39. The van der Waals surface area contributed by atoms with Crippen LogP contribution in [0.4, 0.5) is 0 Å². The second-order valence-corrected chi connectivity index (χ2v) is 4.69. The molecule has 0 aliphatic rings. The fourth-order valence-electron chi connectivity index (χ4n) is 1.84. The molecule has 1 aromatic carbocycles. The number of amides is 1. The number of nitrogens with one attached hydrogen (secondary N) is 1. The third-order valence-corrected chi connectivity index (χ3v) is 2.77. The molecule has 0 radical (unpaired) electrons. The van der Waals surface area contributed by atoms with Gasteiger partial charge in [0.15, 0.2) is 0 Å². The molecular weight excluding hydrogens is 274 g/mol. The number of aryl methyl sites for hydroxylation is 1. The Morgan fingerprint density at radius 1 is 1.43 bits per heavy atom. The van der Waals surface area contributed by atoms with Crippen molar-refractivity contribution in [1.29, 1.82) is 0 Å². The van der Waals surface area contributed by atoms with Crippen molar-refractivity contribution >= 4 is 11.9 Å². The number of carboxylic acid groups (broad SMARTS) is 1. The van der Waals surface area contributed by atoms with E-state index in [2.05, 4.69) is 15.5 Å². The van der Waals surface area contributed by atoms with Gasteiger partial charge >= 0.3 is 5.97 Å². The van der Waals surface area contributed by atoms with E-state index in [-0.39, 0.29) is 12.3 Å². The molecule has 7 heteroatoms. The van der Waals surface area contributed by atoms with Crippen LogP contribution >= 0.6 is 0 Å². The standard InChI is InChI=1S/C14H15N3O4/c1-8(6-12(18)19)15-14(20)11-5-3-4-10(7-11)13-16-9(2)21-17-13/h3-5,7-8H,6H2,1-2H3,(H,15,20)(H,18,19). The van der Waals surface area contributed by atoms with Gasteiger partial charge in [-0.3, -0.25) is 9.59 Å². The highest BCUT2D eigenvalue weighted by atomic mass is 16.5. The number of aromatic nitrogens is 2. The Bertz CT molecular complexity index is 666. The number of hydrogen-bond donors (Lipinski definition) is 2. The summed E-state index contributed by atoms with van der Waals surface area (Å²) in [4.78, 5) is 26.7. The first kappa shape index (κ1) is 14.7. The Hall–Kier alpha value is -2.70. The van der Waals surface area contributed by atoms with E-state index in [1.165, 1.54) is 0 Å². The monoisotopic (exact) mass is 289 g/mol. The molecular formula is C14H15N3O4. The number of aliphatic carboxylic acids is 1. The van der Waals surface area contributed by atoms with Gasteiger partial charge in [-0.05, 0) is 19.1 Å². The molecule has 1 aromatic heterocycles. The van der Waals surface area contributed by atoms with Crippen molar-refractivity contribution < 1.29 is 19.2 Å². The second kappa shape index (κ2) is 6.17. The molecule has 0 saturated heterocycles. The third kappa shape index (κ3) is 3.88. The van der Waals surface area contributed by atoms with Crippen molar-refractivity contribution in [1.82, 2.24) is 15.5 Å². The molecule has 2 aromatic rings. The van der Waals surface area contributed by atoms with Crippen LogP contribution in [0, 0.1) is 6.92 Å². The zero-order valence-corrected chi connectivity index (χ0v) is 11.7. The van der Waals surface area contributed by atoms with Crippen molar-refractivity contribution in [2.24, 2.45) is 0 Å². The molecule has 0 saturated carbocycles. The lowest BCUT2D eigenvalue weighted by atomic mass is 10.1. The smallest absolute Gasteiger partial charge is 0.305 e. The minimum absolute atomic E-state index is 0.129. The average Bonchev–Trinajstić information content (AvgIpc) is 2.84. The van der Waals surface area contributed by atoms with Crippen LogP contribution in [0.3, 0.4) is 0 Å². The number of carboxylic acids is 1. The maximum atomic E-state index is 12.1. The first-order chi connectivity index (χ1) is 9.95. The van der Waals surface area contributed by atoms with E-state index in [4.69, 9.17) is 9.63 Å². The van der Waals surface area contributed by atoms with Crippen molar-refractivity contribution in [3.05, 3.63) is 35.7 Å². The summed E-state index contributed by atoms with van der Waals surface area (Å²) in [5, 5.41) is 15.1. The van der Waals surface area contributed by atoms with E-state index >= 15 is 0 Å². The summed E-state index contributed by atoms with van der Waals surface area (Å²) < 4.78 is 4.90. The van der Waals surface area contributed by atoms with E-state index in [1.54, 1.807) is 38.1 Å². The van der Waals surface area contributed by atoms with Crippen molar-refractivity contribution in [2.75, 3.05) is 0 Å². The Balaban J connectivity index is 2.13. The van der Waals surface area contributed by atoms with E-state index in [9.17, 15) is 9.59 Å². The van der Waals surface area contributed by atoms with Gasteiger partial charge in [-0.1, -0.05) is 17.3 Å². The molecule has 21 heavy (non-hydrogen) atoms. The molecule has 1 amide bonds. The lowest BCUT2D eigenvalue weighted by Crippen LogP contribution is -2.34. The highest BCUT2D eigenvalue weighted by Crippen LogP contribution is 2.17. The summed E-state index contributed by atoms with van der Waals surface area (Å²) in [5.74, 6) is -0.458. The summed E-state index contributed by atoms with van der Waals surface area (Å²) >= 11 is 0. The fraction of sp³-hybridized carbons (Fsp3) is 0.286. The molecule has 0 aliphatic carbocycles. The third-order valence-electron chi connectivity index (χ3n) is 2.77. The number of carbonyl (C=O) groups is 2. The number of rotatable bonds is 5. The van der Waals surface area contributed by atoms with Gasteiger partial charge in [0.05, 0.1) is 6.42 Å². The van der Waals surface area contributed by atoms with Gasteiger partial charge in [0.1, 0.15) is 0 Å². The molecule has 2 rings (SSSR count). The number of nitrogens with zero attached hydrogens (tertiary/aromatic N) is 2. The Morgan fingerprint density at radius 3 is 2.81 bits per heavy atom. The van der Waals surface area contributed by atoms with E-state index < -0.39 is 12.0 Å². The number of hydrogen-bond acceptors (Lipinski definition) is 5. The minimum Gasteiger partial charge on any atom is -0.481 e. The van der Waals surface area contributed by atoms with E-state index in [0.29, 0.717) is 22.8 Å². The van der Waals surface area contributed by atoms with Gasteiger partial charge in [0.25, 0.3) is 5.91 Å². The predicted molar refractivity (Wildman–Crippen MR) is 73.7 cm³/mol. The van der Waals surface area contributed by atoms with E-state index in [1.807, 2.05) is 0 Å². The quantitative estimate of drug-likeness (QED) is 0.866. The normalized spacial score (nSPS) is 11.9. The average molecular weight is 289 g/mol. The van der Waals surface area contributed by atoms with Gasteiger partial charge in [0, 0.05) is 24.1 Å². The second-order valence-electron chi connectivity index (χ2n) is 4.69. The van der Waals surface area contributed by atoms with Gasteiger partial charge < -0.3 is 14.9 Å². The van der Waals surface area contributed by atoms with Crippen LogP contribution in [-0.2, 0) is 4.79 Å². The summed E-state index contributed by atoms with van der Waals surface area (Å²) in [6.07, 6.45) is -0.129. The molecule has 1 unspecified atom stereocenters. The summed E-state index contributed by atoms with van der Waals surface area (Å²) in [5.41, 5.74) is 1.07. The highest BCUT2D eigenvalue weighted by molar-refractivity contribution is 5.95. The SMILES string of the molecule is Cc1nc(-c2cccc(C(=O)NC(C)CC(=O)O)c2)no1. The molecule has 110 valence electrons. The van der Waals surface area contributed by atoms with Gasteiger partial charge in [-0.15, -0.1) is 0 Å². The van der Waals surface area contributed by atoms with Crippen LogP contribution < -0.4 is 5.32 Å². The fourth-order valence-corrected chi connectivity index (χ4v) is 1.84. The van der Waals surface area contributed by atoms with Crippen LogP contribution in [0.2, 0.25) is 0 Å². The number of carbonyl (C=O) groups excluding carboxylic acids is 1. The number of benzene rings is 1. The Labute approximate surface area is 121 Å². The highest BCUT2D eigenvalue weighted by Gasteiger charge is 2.14. The first-order valence-electron chi connectivity index (χ1n) is 6.39. The van der Waals surface area contributed by atoms with Crippen LogP contribution in [-0.4, -0.2) is 33.2 Å². The van der Waals surface area contributed by atoms with Gasteiger partial charge in [0.2, 0.25) is 11.7 Å². The summed E-state index contributed by atoms with van der Waals surface area (Å²) in [6.45, 7) is 3.32.